The highest BCUT2D eigenvalue weighted by molar-refractivity contribution is 5.91. The lowest BCUT2D eigenvalue weighted by atomic mass is 9.92. The van der Waals surface area contributed by atoms with Crippen LogP contribution in [0.4, 0.5) is 10.2 Å². The predicted molar refractivity (Wildman–Crippen MR) is 76.0 cm³/mol. The van der Waals surface area contributed by atoms with Gasteiger partial charge in [0.15, 0.2) is 5.82 Å². The number of aromatic amines is 1. The molecule has 0 aliphatic carbocycles. The minimum absolute atomic E-state index is 0.0487. The molecule has 2 N–H and O–H groups in total. The highest BCUT2D eigenvalue weighted by Crippen LogP contribution is 2.21. The monoisotopic (exact) mass is 275 g/mol. The van der Waals surface area contributed by atoms with E-state index in [-0.39, 0.29) is 23.6 Å². The molecule has 1 aromatic heterocycles. The van der Waals surface area contributed by atoms with E-state index in [1.807, 2.05) is 6.07 Å². The maximum atomic E-state index is 12.8. The molecule has 5 heteroatoms. The van der Waals surface area contributed by atoms with Gasteiger partial charge in [-0.2, -0.15) is 5.10 Å². The quantitative estimate of drug-likeness (QED) is 0.904. The van der Waals surface area contributed by atoms with E-state index in [9.17, 15) is 9.18 Å². The lowest BCUT2D eigenvalue weighted by molar-refractivity contribution is -0.115. The molecule has 0 saturated carbocycles. The Balaban J connectivity index is 1.98. The summed E-state index contributed by atoms with van der Waals surface area (Å²) in [5.41, 5.74) is 1.66. The number of halogens is 1. The number of carbonyl (C=O) groups excluding carboxylic acids is 1. The summed E-state index contributed by atoms with van der Waals surface area (Å²) in [7, 11) is 0. The summed E-state index contributed by atoms with van der Waals surface area (Å²) in [5, 5.41) is 9.69. The molecule has 106 valence electrons. The second-order valence-electron chi connectivity index (χ2n) is 5.77. The van der Waals surface area contributed by atoms with Crippen LogP contribution in [0.15, 0.2) is 30.3 Å². The Kier molecular flexibility index (Phi) is 3.88. The third-order valence-electron chi connectivity index (χ3n) is 2.93. The summed E-state index contributed by atoms with van der Waals surface area (Å²) in [5.74, 6) is 0.0156. The fraction of sp³-hybridized carbons (Fsp3) is 0.333. The van der Waals surface area contributed by atoms with Gasteiger partial charge in [0.25, 0.3) is 0 Å². The van der Waals surface area contributed by atoms with Gasteiger partial charge < -0.3 is 5.32 Å². The number of rotatable bonds is 3. The normalized spacial score (nSPS) is 11.4. The average Bonchev–Trinajstić information content (AvgIpc) is 2.80. The molecule has 0 aliphatic heterocycles. The lowest BCUT2D eigenvalue weighted by Gasteiger charge is -2.14. The molecule has 0 unspecified atom stereocenters. The minimum Gasteiger partial charge on any atom is -0.309 e. The van der Waals surface area contributed by atoms with E-state index >= 15 is 0 Å². The first-order chi connectivity index (χ1) is 9.34. The number of H-pyrrole nitrogens is 1. The summed E-state index contributed by atoms with van der Waals surface area (Å²) in [4.78, 5) is 11.9. The van der Waals surface area contributed by atoms with Crippen LogP contribution < -0.4 is 5.32 Å². The van der Waals surface area contributed by atoms with Crippen molar-refractivity contribution in [3.05, 3.63) is 47.4 Å². The number of benzene rings is 1. The van der Waals surface area contributed by atoms with E-state index in [4.69, 9.17) is 0 Å². The molecule has 1 aromatic carbocycles. The van der Waals surface area contributed by atoms with Gasteiger partial charge in [0, 0.05) is 17.2 Å². The van der Waals surface area contributed by atoms with E-state index in [0.717, 1.165) is 11.3 Å². The zero-order chi connectivity index (χ0) is 14.8. The number of hydrogen-bond donors (Lipinski definition) is 2. The van der Waals surface area contributed by atoms with E-state index < -0.39 is 0 Å². The number of nitrogens with zero attached hydrogens (tertiary/aromatic N) is 1. The second-order valence-corrected chi connectivity index (χ2v) is 5.77. The molecule has 0 radical (unpaired) electrons. The smallest absolute Gasteiger partial charge is 0.229 e. The maximum Gasteiger partial charge on any atom is 0.229 e. The Morgan fingerprint density at radius 1 is 1.30 bits per heavy atom. The topological polar surface area (TPSA) is 57.8 Å². The van der Waals surface area contributed by atoms with Crippen molar-refractivity contribution in [2.45, 2.75) is 32.6 Å². The third kappa shape index (κ3) is 3.66. The Labute approximate surface area is 117 Å². The van der Waals surface area contributed by atoms with Gasteiger partial charge in [-0.1, -0.05) is 32.9 Å². The van der Waals surface area contributed by atoms with Gasteiger partial charge in [-0.3, -0.25) is 9.89 Å². The Hall–Kier alpha value is -2.17. The number of carbonyl (C=O) groups is 1. The zero-order valence-electron chi connectivity index (χ0n) is 11.8. The van der Waals surface area contributed by atoms with Crippen molar-refractivity contribution >= 4 is 11.7 Å². The van der Waals surface area contributed by atoms with Crippen LogP contribution in [-0.2, 0) is 16.6 Å². The van der Waals surface area contributed by atoms with E-state index in [0.29, 0.717) is 5.82 Å². The molecule has 2 aromatic rings. The first-order valence-corrected chi connectivity index (χ1v) is 6.45. The first kappa shape index (κ1) is 14.2. The highest BCUT2D eigenvalue weighted by atomic mass is 19.1. The van der Waals surface area contributed by atoms with Crippen molar-refractivity contribution in [1.29, 1.82) is 0 Å². The van der Waals surface area contributed by atoms with Crippen molar-refractivity contribution in [1.82, 2.24) is 10.2 Å². The van der Waals surface area contributed by atoms with Crippen molar-refractivity contribution in [2.75, 3.05) is 5.32 Å². The molecule has 0 spiro atoms. The number of aromatic nitrogens is 2. The van der Waals surface area contributed by atoms with E-state index in [1.165, 1.54) is 12.1 Å². The van der Waals surface area contributed by atoms with Crippen molar-refractivity contribution in [3.63, 3.8) is 0 Å². The standard InChI is InChI=1S/C15H18FN3O/c1-15(2,3)12-9-13(19-18-12)17-14(20)8-10-4-6-11(16)7-5-10/h4-7,9H,8H2,1-3H3,(H2,17,18,19,20). The van der Waals surface area contributed by atoms with Gasteiger partial charge in [0.2, 0.25) is 5.91 Å². The Morgan fingerprint density at radius 3 is 2.50 bits per heavy atom. The summed E-state index contributed by atoms with van der Waals surface area (Å²) >= 11 is 0. The molecule has 1 amide bonds. The van der Waals surface area contributed by atoms with Crippen LogP contribution in [0.3, 0.4) is 0 Å². The predicted octanol–water partition coefficient (Wildman–Crippen LogP) is 3.03. The van der Waals surface area contributed by atoms with Crippen LogP contribution in [0.2, 0.25) is 0 Å². The molecule has 0 atom stereocenters. The SMILES string of the molecule is CC(C)(C)c1cc(NC(=O)Cc2ccc(F)cc2)n[nH]1. The number of nitrogens with one attached hydrogen (secondary N) is 2. The van der Waals surface area contributed by atoms with Crippen LogP contribution in [0.5, 0.6) is 0 Å². The van der Waals surface area contributed by atoms with Crippen molar-refractivity contribution < 1.29 is 9.18 Å². The van der Waals surface area contributed by atoms with Gasteiger partial charge in [-0.25, -0.2) is 4.39 Å². The first-order valence-electron chi connectivity index (χ1n) is 6.45. The molecule has 0 saturated heterocycles. The molecule has 1 heterocycles. The average molecular weight is 275 g/mol. The largest absolute Gasteiger partial charge is 0.309 e. The summed E-state index contributed by atoms with van der Waals surface area (Å²) < 4.78 is 12.8. The van der Waals surface area contributed by atoms with Gasteiger partial charge in [0.1, 0.15) is 5.82 Å². The molecule has 0 fully saturated rings. The molecular formula is C15H18FN3O. The molecule has 0 aliphatic rings. The van der Waals surface area contributed by atoms with Gasteiger partial charge in [0.05, 0.1) is 6.42 Å². The van der Waals surface area contributed by atoms with Crippen LogP contribution in [-0.4, -0.2) is 16.1 Å². The number of anilines is 1. The van der Waals surface area contributed by atoms with Crippen LogP contribution in [0.25, 0.3) is 0 Å². The molecule has 4 nitrogen and oxygen atoms in total. The molecule has 2 rings (SSSR count). The second kappa shape index (κ2) is 5.45. The molecule has 20 heavy (non-hydrogen) atoms. The van der Waals surface area contributed by atoms with Gasteiger partial charge in [-0.05, 0) is 17.7 Å². The number of amides is 1. The summed E-state index contributed by atoms with van der Waals surface area (Å²) in [6, 6.07) is 7.70. The maximum absolute atomic E-state index is 12.8. The zero-order valence-corrected chi connectivity index (χ0v) is 11.8. The minimum atomic E-state index is -0.309. The fourth-order valence-corrected chi connectivity index (χ4v) is 1.74. The molecule has 0 bridgehead atoms. The van der Waals surface area contributed by atoms with Crippen molar-refractivity contribution in [2.24, 2.45) is 0 Å². The van der Waals surface area contributed by atoms with Crippen LogP contribution in [0.1, 0.15) is 32.0 Å². The molecular weight excluding hydrogens is 257 g/mol. The van der Waals surface area contributed by atoms with Crippen molar-refractivity contribution in [3.8, 4) is 0 Å². The van der Waals surface area contributed by atoms with Crippen LogP contribution >= 0.6 is 0 Å². The van der Waals surface area contributed by atoms with Gasteiger partial charge in [-0.15, -0.1) is 0 Å². The summed E-state index contributed by atoms with van der Waals surface area (Å²) in [6.45, 7) is 6.18. The Morgan fingerprint density at radius 2 is 1.95 bits per heavy atom. The fourth-order valence-electron chi connectivity index (χ4n) is 1.74. The van der Waals surface area contributed by atoms with Crippen LogP contribution in [0, 0.1) is 5.82 Å². The van der Waals surface area contributed by atoms with Gasteiger partial charge >= 0.3 is 0 Å². The third-order valence-corrected chi connectivity index (χ3v) is 2.93. The van der Waals surface area contributed by atoms with E-state index in [2.05, 4.69) is 36.3 Å². The summed E-state index contributed by atoms with van der Waals surface area (Å²) in [6.07, 6.45) is 0.192. The number of hydrogen-bond acceptors (Lipinski definition) is 2. The highest BCUT2D eigenvalue weighted by Gasteiger charge is 2.17. The van der Waals surface area contributed by atoms with E-state index in [1.54, 1.807) is 12.1 Å². The Bertz CT molecular complexity index is 596. The lowest BCUT2D eigenvalue weighted by Crippen LogP contribution is -2.14.